The molecule has 1 fully saturated rings. The van der Waals surface area contributed by atoms with Crippen molar-refractivity contribution < 1.29 is 9.53 Å². The number of pyridine rings is 1. The lowest BCUT2D eigenvalue weighted by Gasteiger charge is -2.35. The normalized spacial score (nSPS) is 14.5. The highest BCUT2D eigenvalue weighted by Gasteiger charge is 2.21. The molecule has 0 spiro atoms. The zero-order valence-corrected chi connectivity index (χ0v) is 14.9. The van der Waals surface area contributed by atoms with Gasteiger partial charge in [0.2, 0.25) is 5.91 Å². The highest BCUT2D eigenvalue weighted by atomic mass is 16.5. The fraction of sp³-hybridized carbons (Fsp3) is 0.400. The number of nitrogens with zero attached hydrogens (tertiary/aromatic N) is 3. The molecule has 2 heterocycles. The molecule has 0 bridgehead atoms. The molecule has 5 heteroatoms. The first-order valence-electron chi connectivity index (χ1n) is 8.77. The smallest absolute Gasteiger partial charge is 0.226 e. The van der Waals surface area contributed by atoms with E-state index in [9.17, 15) is 4.79 Å². The molecule has 132 valence electrons. The van der Waals surface area contributed by atoms with Crippen molar-refractivity contribution in [2.45, 2.75) is 20.3 Å². The van der Waals surface area contributed by atoms with Crippen LogP contribution in [0.15, 0.2) is 42.6 Å². The first-order valence-corrected chi connectivity index (χ1v) is 8.77. The largest absolute Gasteiger partial charge is 0.493 e. The third kappa shape index (κ3) is 4.72. The second kappa shape index (κ2) is 8.01. The summed E-state index contributed by atoms with van der Waals surface area (Å²) < 4.78 is 5.75. The topological polar surface area (TPSA) is 45.7 Å². The fourth-order valence-corrected chi connectivity index (χ4v) is 3.16. The fourth-order valence-electron chi connectivity index (χ4n) is 3.16. The SMILES string of the molecule is Cc1cc(C)cc(OCCC(=O)N2CCN(c3ccccn3)CC2)c1. The number of anilines is 1. The molecule has 2 aromatic rings. The van der Waals surface area contributed by atoms with Crippen LogP contribution in [0.3, 0.4) is 0 Å². The molecule has 5 nitrogen and oxygen atoms in total. The van der Waals surface area contributed by atoms with Crippen LogP contribution in [0, 0.1) is 13.8 Å². The van der Waals surface area contributed by atoms with E-state index in [1.165, 1.54) is 11.1 Å². The van der Waals surface area contributed by atoms with Crippen molar-refractivity contribution in [1.29, 1.82) is 0 Å². The predicted molar refractivity (Wildman–Crippen MR) is 99.1 cm³/mol. The van der Waals surface area contributed by atoms with Gasteiger partial charge in [-0.1, -0.05) is 12.1 Å². The zero-order valence-electron chi connectivity index (χ0n) is 14.9. The molecule has 1 amide bonds. The quantitative estimate of drug-likeness (QED) is 0.840. The Kier molecular flexibility index (Phi) is 5.53. The van der Waals surface area contributed by atoms with E-state index in [1.807, 2.05) is 49.1 Å². The van der Waals surface area contributed by atoms with Crippen molar-refractivity contribution in [3.05, 3.63) is 53.7 Å². The van der Waals surface area contributed by atoms with E-state index < -0.39 is 0 Å². The van der Waals surface area contributed by atoms with E-state index in [4.69, 9.17) is 4.74 Å². The van der Waals surface area contributed by atoms with Crippen LogP contribution in [0.2, 0.25) is 0 Å². The Balaban J connectivity index is 1.43. The van der Waals surface area contributed by atoms with Crippen molar-refractivity contribution in [3.8, 4) is 5.75 Å². The number of aryl methyl sites for hydroxylation is 2. The van der Waals surface area contributed by atoms with Crippen LogP contribution in [0.1, 0.15) is 17.5 Å². The number of hydrogen-bond donors (Lipinski definition) is 0. The molecule has 0 aliphatic carbocycles. The van der Waals surface area contributed by atoms with E-state index in [0.717, 1.165) is 37.7 Å². The molecule has 1 aromatic carbocycles. The molecule has 25 heavy (non-hydrogen) atoms. The molecule has 1 aromatic heterocycles. The van der Waals surface area contributed by atoms with Gasteiger partial charge in [0.25, 0.3) is 0 Å². The summed E-state index contributed by atoms with van der Waals surface area (Å²) in [6.07, 6.45) is 2.22. The molecule has 0 unspecified atom stereocenters. The second-order valence-corrected chi connectivity index (χ2v) is 6.48. The Morgan fingerprint density at radius 1 is 1.08 bits per heavy atom. The summed E-state index contributed by atoms with van der Waals surface area (Å²) in [5, 5.41) is 0. The molecule has 1 aliphatic rings. The van der Waals surface area contributed by atoms with Crippen LogP contribution < -0.4 is 9.64 Å². The van der Waals surface area contributed by atoms with E-state index >= 15 is 0 Å². The molecule has 0 N–H and O–H groups in total. The lowest BCUT2D eigenvalue weighted by molar-refractivity contribution is -0.132. The minimum absolute atomic E-state index is 0.157. The average molecular weight is 339 g/mol. The summed E-state index contributed by atoms with van der Waals surface area (Å²) in [6.45, 7) is 7.62. The van der Waals surface area contributed by atoms with Crippen LogP contribution >= 0.6 is 0 Å². The number of hydrogen-bond acceptors (Lipinski definition) is 4. The summed E-state index contributed by atoms with van der Waals surface area (Å²) >= 11 is 0. The van der Waals surface area contributed by atoms with Gasteiger partial charge in [-0.2, -0.15) is 0 Å². The summed E-state index contributed by atoms with van der Waals surface area (Å²) in [6, 6.07) is 12.0. The first-order chi connectivity index (χ1) is 12.1. The van der Waals surface area contributed by atoms with Gasteiger partial charge in [0, 0.05) is 32.4 Å². The van der Waals surface area contributed by atoms with Crippen LogP contribution in [-0.2, 0) is 4.79 Å². The summed E-state index contributed by atoms with van der Waals surface area (Å²) in [5.74, 6) is 1.98. The molecule has 3 rings (SSSR count). The monoisotopic (exact) mass is 339 g/mol. The predicted octanol–water partition coefficient (Wildman–Crippen LogP) is 2.82. The number of piperazine rings is 1. The van der Waals surface area contributed by atoms with Crippen molar-refractivity contribution in [1.82, 2.24) is 9.88 Å². The lowest BCUT2D eigenvalue weighted by atomic mass is 10.1. The van der Waals surface area contributed by atoms with Crippen LogP contribution in [-0.4, -0.2) is 48.6 Å². The number of carbonyl (C=O) groups is 1. The Labute approximate surface area is 149 Å². The van der Waals surface area contributed by atoms with E-state index in [1.54, 1.807) is 6.20 Å². The first kappa shape index (κ1) is 17.3. The van der Waals surface area contributed by atoms with E-state index in [2.05, 4.69) is 16.0 Å². The van der Waals surface area contributed by atoms with Crippen molar-refractivity contribution in [2.24, 2.45) is 0 Å². The van der Waals surface area contributed by atoms with Crippen molar-refractivity contribution in [3.63, 3.8) is 0 Å². The maximum absolute atomic E-state index is 12.4. The Morgan fingerprint density at radius 3 is 2.44 bits per heavy atom. The van der Waals surface area contributed by atoms with Gasteiger partial charge in [-0.3, -0.25) is 4.79 Å². The number of carbonyl (C=O) groups excluding carboxylic acids is 1. The third-order valence-corrected chi connectivity index (χ3v) is 4.39. The Morgan fingerprint density at radius 2 is 1.80 bits per heavy atom. The lowest BCUT2D eigenvalue weighted by Crippen LogP contribution is -2.49. The minimum Gasteiger partial charge on any atom is -0.493 e. The maximum Gasteiger partial charge on any atom is 0.226 e. The number of amides is 1. The second-order valence-electron chi connectivity index (χ2n) is 6.48. The molecular formula is C20H25N3O2. The zero-order chi connectivity index (χ0) is 17.6. The van der Waals surface area contributed by atoms with Crippen molar-refractivity contribution >= 4 is 11.7 Å². The Bertz CT molecular complexity index is 690. The van der Waals surface area contributed by atoms with Gasteiger partial charge in [-0.15, -0.1) is 0 Å². The summed E-state index contributed by atoms with van der Waals surface area (Å²) in [7, 11) is 0. The van der Waals surface area contributed by atoms with Gasteiger partial charge < -0.3 is 14.5 Å². The highest BCUT2D eigenvalue weighted by molar-refractivity contribution is 5.76. The van der Waals surface area contributed by atoms with Gasteiger partial charge in [-0.25, -0.2) is 4.98 Å². The molecule has 0 saturated carbocycles. The van der Waals surface area contributed by atoms with Crippen LogP contribution in [0.5, 0.6) is 5.75 Å². The van der Waals surface area contributed by atoms with Crippen LogP contribution in [0.25, 0.3) is 0 Å². The van der Waals surface area contributed by atoms with Gasteiger partial charge in [0.1, 0.15) is 11.6 Å². The Hall–Kier alpha value is -2.56. The standard InChI is InChI=1S/C20H25N3O2/c1-16-13-17(2)15-18(14-16)25-12-6-20(24)23-10-8-22(9-11-23)19-5-3-4-7-21-19/h3-5,7,13-15H,6,8-12H2,1-2H3. The van der Waals surface area contributed by atoms with Gasteiger partial charge >= 0.3 is 0 Å². The number of aromatic nitrogens is 1. The van der Waals surface area contributed by atoms with Gasteiger partial charge in [0.05, 0.1) is 13.0 Å². The van der Waals surface area contributed by atoms with Gasteiger partial charge in [0.15, 0.2) is 0 Å². The molecule has 1 aliphatic heterocycles. The maximum atomic E-state index is 12.4. The molecular weight excluding hydrogens is 314 g/mol. The molecule has 0 atom stereocenters. The summed E-state index contributed by atoms with van der Waals surface area (Å²) in [4.78, 5) is 20.9. The minimum atomic E-state index is 0.157. The number of rotatable bonds is 5. The molecule has 0 radical (unpaired) electrons. The third-order valence-electron chi connectivity index (χ3n) is 4.39. The number of benzene rings is 1. The molecule has 1 saturated heterocycles. The van der Waals surface area contributed by atoms with E-state index in [-0.39, 0.29) is 5.91 Å². The highest BCUT2D eigenvalue weighted by Crippen LogP contribution is 2.17. The summed E-state index contributed by atoms with van der Waals surface area (Å²) in [5.41, 5.74) is 2.35. The number of ether oxygens (including phenoxy) is 1. The van der Waals surface area contributed by atoms with Gasteiger partial charge in [-0.05, 0) is 49.2 Å². The average Bonchev–Trinajstić information content (AvgIpc) is 2.62. The van der Waals surface area contributed by atoms with Crippen molar-refractivity contribution in [2.75, 3.05) is 37.7 Å². The van der Waals surface area contributed by atoms with Crippen LogP contribution in [0.4, 0.5) is 5.82 Å². The van der Waals surface area contributed by atoms with E-state index in [0.29, 0.717) is 13.0 Å².